The van der Waals surface area contributed by atoms with Gasteiger partial charge in [0, 0.05) is 11.4 Å². The summed E-state index contributed by atoms with van der Waals surface area (Å²) in [5.74, 6) is -0.107. The first-order valence-corrected chi connectivity index (χ1v) is 7.10. The van der Waals surface area contributed by atoms with Crippen LogP contribution in [0.1, 0.15) is 11.1 Å². The fourth-order valence-electron chi connectivity index (χ4n) is 1.92. The number of anilines is 1. The third-order valence-electron chi connectivity index (χ3n) is 3.27. The molecule has 2 rings (SSSR count). The molecule has 1 aromatic carbocycles. The average Bonchev–Trinajstić information content (AvgIpc) is 2.84. The highest BCUT2D eigenvalue weighted by atomic mass is 32.2. The van der Waals surface area contributed by atoms with Crippen LogP contribution in [-0.2, 0) is 4.79 Å². The summed E-state index contributed by atoms with van der Waals surface area (Å²) < 4.78 is 0. The number of carbonyl (C=O) groups is 2. The van der Waals surface area contributed by atoms with Crippen molar-refractivity contribution in [2.75, 3.05) is 16.9 Å². The Morgan fingerprint density at radius 1 is 1.42 bits per heavy atom. The highest BCUT2D eigenvalue weighted by molar-refractivity contribution is 7.99. The number of nitrogens with zero attached hydrogens (tertiary/aromatic N) is 1. The Kier molecular flexibility index (Phi) is 3.99. The normalized spacial score (nSPS) is 18.4. The van der Waals surface area contributed by atoms with E-state index in [0.717, 1.165) is 16.8 Å². The number of urea groups is 1. The second-order valence-corrected chi connectivity index (χ2v) is 5.50. The molecule has 6 heteroatoms. The van der Waals surface area contributed by atoms with Crippen molar-refractivity contribution in [3.63, 3.8) is 0 Å². The molecule has 1 aliphatic rings. The van der Waals surface area contributed by atoms with Crippen LogP contribution < -0.4 is 5.32 Å². The van der Waals surface area contributed by atoms with Crippen molar-refractivity contribution in [1.82, 2.24) is 4.90 Å². The van der Waals surface area contributed by atoms with Gasteiger partial charge in [0.15, 0.2) is 0 Å². The molecule has 0 radical (unpaired) electrons. The van der Waals surface area contributed by atoms with E-state index in [1.165, 1.54) is 16.7 Å². The first kappa shape index (κ1) is 13.7. The molecule has 102 valence electrons. The number of benzene rings is 1. The monoisotopic (exact) mass is 280 g/mol. The summed E-state index contributed by atoms with van der Waals surface area (Å²) in [7, 11) is 0. The van der Waals surface area contributed by atoms with Crippen LogP contribution in [0.3, 0.4) is 0 Å². The second-order valence-electron chi connectivity index (χ2n) is 4.50. The van der Waals surface area contributed by atoms with E-state index in [1.807, 2.05) is 32.0 Å². The standard InChI is InChI=1S/C13H16N2O3S/c1-8-4-3-5-10(9(8)2)14-13(18)15-7-19-6-11(15)12(16)17/h3-5,11H,6-7H2,1-2H3,(H,14,18)(H,16,17)/t11-/m0/s1. The van der Waals surface area contributed by atoms with Gasteiger partial charge in [0.1, 0.15) is 6.04 Å². The molecule has 1 atom stereocenters. The summed E-state index contributed by atoms with van der Waals surface area (Å²) in [6.07, 6.45) is 0. The maximum Gasteiger partial charge on any atom is 0.327 e. The Labute approximate surface area is 116 Å². The maximum atomic E-state index is 12.1. The van der Waals surface area contributed by atoms with Gasteiger partial charge in [-0.3, -0.25) is 0 Å². The second kappa shape index (κ2) is 5.52. The molecule has 0 unspecified atom stereocenters. The van der Waals surface area contributed by atoms with Crippen LogP contribution in [0.15, 0.2) is 18.2 Å². The number of nitrogens with one attached hydrogen (secondary N) is 1. The number of carboxylic acids is 1. The SMILES string of the molecule is Cc1cccc(NC(=O)N2CSC[C@H]2C(=O)O)c1C. The molecule has 5 nitrogen and oxygen atoms in total. The summed E-state index contributed by atoms with van der Waals surface area (Å²) >= 11 is 1.45. The Hall–Kier alpha value is -1.69. The third-order valence-corrected chi connectivity index (χ3v) is 4.29. The molecule has 2 amide bonds. The number of hydrogen-bond donors (Lipinski definition) is 2. The zero-order valence-corrected chi connectivity index (χ0v) is 11.7. The van der Waals surface area contributed by atoms with Gasteiger partial charge < -0.3 is 15.3 Å². The molecule has 1 aliphatic heterocycles. The molecule has 0 spiro atoms. The van der Waals surface area contributed by atoms with Gasteiger partial charge in [-0.2, -0.15) is 0 Å². The van der Waals surface area contributed by atoms with Crippen LogP contribution in [-0.4, -0.2) is 39.7 Å². The van der Waals surface area contributed by atoms with E-state index in [0.29, 0.717) is 11.6 Å². The Morgan fingerprint density at radius 2 is 2.16 bits per heavy atom. The Balaban J connectivity index is 2.13. The van der Waals surface area contributed by atoms with Crippen LogP contribution >= 0.6 is 11.8 Å². The number of thioether (sulfide) groups is 1. The summed E-state index contributed by atoms with van der Waals surface area (Å²) in [5.41, 5.74) is 2.81. The van der Waals surface area contributed by atoms with E-state index in [2.05, 4.69) is 5.32 Å². The molecular weight excluding hydrogens is 264 g/mol. The molecular formula is C13H16N2O3S. The van der Waals surface area contributed by atoms with Crippen LogP contribution in [0.2, 0.25) is 0 Å². The summed E-state index contributed by atoms with van der Waals surface area (Å²) in [6, 6.07) is 4.56. The van der Waals surface area contributed by atoms with Crippen molar-refractivity contribution in [3.05, 3.63) is 29.3 Å². The van der Waals surface area contributed by atoms with Crippen LogP contribution in [0.4, 0.5) is 10.5 Å². The number of aryl methyl sites for hydroxylation is 1. The lowest BCUT2D eigenvalue weighted by Gasteiger charge is -2.21. The number of rotatable bonds is 2. The highest BCUT2D eigenvalue weighted by Gasteiger charge is 2.34. The minimum atomic E-state index is -0.957. The zero-order valence-electron chi connectivity index (χ0n) is 10.8. The van der Waals surface area contributed by atoms with E-state index in [9.17, 15) is 9.59 Å². The Morgan fingerprint density at radius 3 is 2.84 bits per heavy atom. The van der Waals surface area contributed by atoms with Crippen LogP contribution in [0.5, 0.6) is 0 Å². The number of amides is 2. The number of carbonyl (C=O) groups excluding carboxylic acids is 1. The molecule has 0 aromatic heterocycles. The summed E-state index contributed by atoms with van der Waals surface area (Å²) in [4.78, 5) is 24.5. The van der Waals surface area contributed by atoms with Crippen molar-refractivity contribution in [2.24, 2.45) is 0 Å². The summed E-state index contributed by atoms with van der Waals surface area (Å²) in [6.45, 7) is 3.90. The predicted molar refractivity (Wildman–Crippen MR) is 75.5 cm³/mol. The molecule has 1 saturated heterocycles. The Bertz CT molecular complexity index is 519. The van der Waals surface area contributed by atoms with E-state index in [1.54, 1.807) is 0 Å². The lowest BCUT2D eigenvalue weighted by atomic mass is 10.1. The fraction of sp³-hybridized carbons (Fsp3) is 0.385. The molecule has 1 aromatic rings. The molecule has 1 heterocycles. The quantitative estimate of drug-likeness (QED) is 0.872. The lowest BCUT2D eigenvalue weighted by molar-refractivity contribution is -0.140. The minimum absolute atomic E-state index is 0.355. The van der Waals surface area contributed by atoms with Gasteiger partial charge in [-0.1, -0.05) is 12.1 Å². The fourth-order valence-corrected chi connectivity index (χ4v) is 3.07. The van der Waals surface area contributed by atoms with Crippen LogP contribution in [0.25, 0.3) is 0 Å². The van der Waals surface area contributed by atoms with Crippen molar-refractivity contribution >= 4 is 29.4 Å². The molecule has 2 N–H and O–H groups in total. The third kappa shape index (κ3) is 2.84. The van der Waals surface area contributed by atoms with Gasteiger partial charge in [-0.25, -0.2) is 9.59 Å². The van der Waals surface area contributed by atoms with E-state index in [-0.39, 0.29) is 6.03 Å². The molecule has 19 heavy (non-hydrogen) atoms. The first-order valence-electron chi connectivity index (χ1n) is 5.95. The zero-order chi connectivity index (χ0) is 14.0. The summed E-state index contributed by atoms with van der Waals surface area (Å²) in [5, 5.41) is 11.9. The van der Waals surface area contributed by atoms with E-state index >= 15 is 0 Å². The predicted octanol–water partition coefficient (Wildman–Crippen LogP) is 2.29. The van der Waals surface area contributed by atoms with Crippen molar-refractivity contribution in [1.29, 1.82) is 0 Å². The van der Waals surface area contributed by atoms with Crippen molar-refractivity contribution in [3.8, 4) is 0 Å². The number of hydrogen-bond acceptors (Lipinski definition) is 3. The molecule has 0 aliphatic carbocycles. The van der Waals surface area contributed by atoms with Gasteiger partial charge >= 0.3 is 12.0 Å². The maximum absolute atomic E-state index is 12.1. The smallest absolute Gasteiger partial charge is 0.327 e. The largest absolute Gasteiger partial charge is 0.480 e. The van der Waals surface area contributed by atoms with E-state index in [4.69, 9.17) is 5.11 Å². The first-order chi connectivity index (χ1) is 9.00. The van der Waals surface area contributed by atoms with Crippen molar-refractivity contribution in [2.45, 2.75) is 19.9 Å². The van der Waals surface area contributed by atoms with Gasteiger partial charge in [0.2, 0.25) is 0 Å². The average molecular weight is 280 g/mol. The van der Waals surface area contributed by atoms with Gasteiger partial charge in [-0.05, 0) is 31.0 Å². The van der Waals surface area contributed by atoms with Crippen molar-refractivity contribution < 1.29 is 14.7 Å². The molecule has 0 bridgehead atoms. The van der Waals surface area contributed by atoms with E-state index < -0.39 is 12.0 Å². The van der Waals surface area contributed by atoms with Gasteiger partial charge in [0.05, 0.1) is 5.88 Å². The van der Waals surface area contributed by atoms with Crippen LogP contribution in [0, 0.1) is 13.8 Å². The molecule has 1 fully saturated rings. The highest BCUT2D eigenvalue weighted by Crippen LogP contribution is 2.24. The van der Waals surface area contributed by atoms with Gasteiger partial charge in [-0.15, -0.1) is 11.8 Å². The topological polar surface area (TPSA) is 69.6 Å². The minimum Gasteiger partial charge on any atom is -0.480 e. The number of carboxylic acid groups (broad SMARTS) is 1. The lowest BCUT2D eigenvalue weighted by Crippen LogP contribution is -2.44. The molecule has 0 saturated carbocycles. The number of aliphatic carboxylic acids is 1. The van der Waals surface area contributed by atoms with Gasteiger partial charge in [0.25, 0.3) is 0 Å².